The Balaban J connectivity index is 0.00000450. The van der Waals surface area contributed by atoms with Crippen LogP contribution in [0.2, 0.25) is 0 Å². The lowest BCUT2D eigenvalue weighted by atomic mass is 10.1. The molecule has 10 heteroatoms. The van der Waals surface area contributed by atoms with Gasteiger partial charge in [-0.15, -0.1) is 24.0 Å². The van der Waals surface area contributed by atoms with Crippen LogP contribution in [0.25, 0.3) is 0 Å². The van der Waals surface area contributed by atoms with E-state index in [1.807, 2.05) is 0 Å². The van der Waals surface area contributed by atoms with E-state index in [-0.39, 0.29) is 28.9 Å². The van der Waals surface area contributed by atoms with Crippen molar-refractivity contribution >= 4 is 39.8 Å². The van der Waals surface area contributed by atoms with Crippen LogP contribution >= 0.6 is 24.0 Å². The van der Waals surface area contributed by atoms with Crippen LogP contribution in [0.5, 0.6) is 0 Å². The van der Waals surface area contributed by atoms with Crippen LogP contribution in [-0.4, -0.2) is 40.8 Å². The minimum atomic E-state index is -4.33. The van der Waals surface area contributed by atoms with E-state index in [1.54, 1.807) is 31.3 Å². The van der Waals surface area contributed by atoms with Crippen molar-refractivity contribution in [1.82, 2.24) is 10.6 Å². The van der Waals surface area contributed by atoms with Crippen LogP contribution in [0.4, 0.5) is 13.2 Å². The minimum Gasteiger partial charge on any atom is -0.356 e. The van der Waals surface area contributed by atoms with Crippen molar-refractivity contribution in [3.8, 4) is 0 Å². The number of sulfone groups is 1. The number of alkyl halides is 3. The summed E-state index contributed by atoms with van der Waals surface area (Å²) in [5.74, 6) is 0.588. The average molecular weight is 555 g/mol. The van der Waals surface area contributed by atoms with E-state index < -0.39 is 21.6 Å². The zero-order valence-electron chi connectivity index (χ0n) is 16.7. The molecule has 2 aromatic rings. The third-order valence-corrected chi connectivity index (χ3v) is 5.40. The van der Waals surface area contributed by atoms with Gasteiger partial charge in [-0.2, -0.15) is 13.2 Å². The van der Waals surface area contributed by atoms with E-state index in [2.05, 4.69) is 15.6 Å². The lowest BCUT2D eigenvalue weighted by Gasteiger charge is -2.12. The Morgan fingerprint density at radius 3 is 1.70 bits per heavy atom. The number of nitrogens with one attached hydrogen (secondary N) is 2. The molecular formula is C20H25F3IN3O2S. The van der Waals surface area contributed by atoms with E-state index >= 15 is 0 Å². The van der Waals surface area contributed by atoms with Gasteiger partial charge in [-0.3, -0.25) is 4.99 Å². The monoisotopic (exact) mass is 555 g/mol. The van der Waals surface area contributed by atoms with E-state index in [0.717, 1.165) is 23.3 Å². The summed E-state index contributed by atoms with van der Waals surface area (Å²) in [5, 5.41) is 6.27. The molecule has 0 aliphatic carbocycles. The summed E-state index contributed by atoms with van der Waals surface area (Å²) in [4.78, 5) is 4.40. The number of rotatable bonds is 7. The van der Waals surface area contributed by atoms with E-state index in [4.69, 9.17) is 0 Å². The van der Waals surface area contributed by atoms with Crippen molar-refractivity contribution < 1.29 is 21.6 Å². The van der Waals surface area contributed by atoms with Crippen LogP contribution in [0.3, 0.4) is 0 Å². The molecular weight excluding hydrogens is 530 g/mol. The van der Waals surface area contributed by atoms with Gasteiger partial charge in [-0.1, -0.05) is 24.3 Å². The summed E-state index contributed by atoms with van der Waals surface area (Å²) in [6.45, 7) is 1.12. The summed E-state index contributed by atoms with van der Waals surface area (Å²) in [7, 11) is -1.57. The third-order valence-electron chi connectivity index (χ3n) is 4.27. The highest BCUT2D eigenvalue weighted by Crippen LogP contribution is 2.29. The molecule has 2 N–H and O–H groups in total. The number of aliphatic imine (C=N–C) groups is 1. The first-order chi connectivity index (χ1) is 13.6. The zero-order chi connectivity index (χ0) is 21.5. The van der Waals surface area contributed by atoms with Gasteiger partial charge >= 0.3 is 6.18 Å². The number of hydrogen-bond acceptors (Lipinski definition) is 3. The number of guanidine groups is 1. The smallest absolute Gasteiger partial charge is 0.356 e. The van der Waals surface area contributed by atoms with Gasteiger partial charge in [0.25, 0.3) is 0 Å². The first-order valence-corrected chi connectivity index (χ1v) is 10.9. The Kier molecular flexibility index (Phi) is 10.1. The van der Waals surface area contributed by atoms with Crippen LogP contribution < -0.4 is 10.6 Å². The molecule has 30 heavy (non-hydrogen) atoms. The van der Waals surface area contributed by atoms with Gasteiger partial charge in [0.05, 0.1) is 10.5 Å². The van der Waals surface area contributed by atoms with E-state index in [9.17, 15) is 21.6 Å². The van der Waals surface area contributed by atoms with Gasteiger partial charge in [0.2, 0.25) is 0 Å². The molecule has 0 heterocycles. The Morgan fingerprint density at radius 2 is 1.33 bits per heavy atom. The second kappa shape index (κ2) is 11.5. The summed E-state index contributed by atoms with van der Waals surface area (Å²) < 4.78 is 60.6. The largest absolute Gasteiger partial charge is 0.416 e. The Bertz CT molecular complexity index is 929. The molecule has 0 radical (unpaired) electrons. The molecule has 0 aliphatic rings. The van der Waals surface area contributed by atoms with Crippen LogP contribution in [0.15, 0.2) is 58.4 Å². The fourth-order valence-corrected chi connectivity index (χ4v) is 3.27. The molecule has 0 unspecified atom stereocenters. The summed E-state index contributed by atoms with van der Waals surface area (Å²) in [6, 6.07) is 11.8. The normalized spacial score (nSPS) is 12.2. The number of nitrogens with zero attached hydrogens (tertiary/aromatic N) is 1. The SMILES string of the molecule is CN=C(NCCc1ccc(C(F)(F)F)cc1)NCCc1ccc(S(C)(=O)=O)cc1.I. The maximum atomic E-state index is 12.6. The molecule has 2 aromatic carbocycles. The predicted octanol–water partition coefficient (Wildman–Crippen LogP) is 3.68. The van der Waals surface area contributed by atoms with Crippen molar-refractivity contribution in [3.05, 3.63) is 65.2 Å². The van der Waals surface area contributed by atoms with Crippen molar-refractivity contribution in [2.75, 3.05) is 26.4 Å². The number of benzene rings is 2. The molecule has 5 nitrogen and oxygen atoms in total. The van der Waals surface area contributed by atoms with Gasteiger partial charge in [-0.25, -0.2) is 8.42 Å². The van der Waals surface area contributed by atoms with Gasteiger partial charge < -0.3 is 10.6 Å². The topological polar surface area (TPSA) is 70.6 Å². The molecule has 0 saturated heterocycles. The fraction of sp³-hybridized carbons (Fsp3) is 0.350. The third kappa shape index (κ3) is 8.50. The summed E-state index contributed by atoms with van der Waals surface area (Å²) in [5.41, 5.74) is 1.13. The molecule has 0 aliphatic heterocycles. The maximum Gasteiger partial charge on any atom is 0.416 e. The zero-order valence-corrected chi connectivity index (χ0v) is 19.8. The summed E-state index contributed by atoms with van der Waals surface area (Å²) in [6.07, 6.45) is -1.91. The molecule has 0 spiro atoms. The number of hydrogen-bond donors (Lipinski definition) is 2. The second-order valence-electron chi connectivity index (χ2n) is 6.54. The van der Waals surface area contributed by atoms with Crippen LogP contribution in [0.1, 0.15) is 16.7 Å². The van der Waals surface area contributed by atoms with Crippen molar-refractivity contribution in [2.24, 2.45) is 4.99 Å². The highest BCUT2D eigenvalue weighted by Gasteiger charge is 2.29. The van der Waals surface area contributed by atoms with E-state index in [0.29, 0.717) is 31.9 Å². The molecule has 2 rings (SSSR count). The molecule has 0 saturated carbocycles. The van der Waals surface area contributed by atoms with Gasteiger partial charge in [0.1, 0.15) is 0 Å². The average Bonchev–Trinajstić information content (AvgIpc) is 2.66. The summed E-state index contributed by atoms with van der Waals surface area (Å²) >= 11 is 0. The molecule has 0 fully saturated rings. The second-order valence-corrected chi connectivity index (χ2v) is 8.55. The first kappa shape index (κ1) is 26.2. The van der Waals surface area contributed by atoms with Gasteiger partial charge in [0.15, 0.2) is 15.8 Å². The van der Waals surface area contributed by atoms with Crippen molar-refractivity contribution in [1.29, 1.82) is 0 Å². The van der Waals surface area contributed by atoms with Crippen molar-refractivity contribution in [2.45, 2.75) is 23.9 Å². The van der Waals surface area contributed by atoms with Gasteiger partial charge in [-0.05, 0) is 48.2 Å². The van der Waals surface area contributed by atoms with Crippen LogP contribution in [-0.2, 0) is 28.9 Å². The molecule has 0 bridgehead atoms. The van der Waals surface area contributed by atoms with Crippen LogP contribution in [0, 0.1) is 0 Å². The molecule has 166 valence electrons. The minimum absolute atomic E-state index is 0. The number of halogens is 4. The standard InChI is InChI=1S/C20H24F3N3O2S.HI/c1-24-19(25-13-11-15-3-7-17(8-4-15)20(21,22)23)26-14-12-16-5-9-18(10-6-16)29(2,27)28;/h3-10H,11-14H2,1-2H3,(H2,24,25,26);1H. The predicted molar refractivity (Wildman–Crippen MR) is 123 cm³/mol. The van der Waals surface area contributed by atoms with E-state index in [1.165, 1.54) is 18.4 Å². The van der Waals surface area contributed by atoms with Gasteiger partial charge in [0, 0.05) is 26.4 Å². The molecule has 0 aromatic heterocycles. The Hall–Kier alpha value is -1.82. The first-order valence-electron chi connectivity index (χ1n) is 8.99. The Labute approximate surface area is 192 Å². The molecule has 0 amide bonds. The highest BCUT2D eigenvalue weighted by atomic mass is 127. The fourth-order valence-electron chi connectivity index (χ4n) is 2.63. The lowest BCUT2D eigenvalue weighted by molar-refractivity contribution is -0.137. The quantitative estimate of drug-likeness (QED) is 0.311. The Morgan fingerprint density at radius 1 is 0.900 bits per heavy atom. The lowest BCUT2D eigenvalue weighted by Crippen LogP contribution is -2.39. The molecule has 0 atom stereocenters. The van der Waals surface area contributed by atoms with Crippen molar-refractivity contribution in [3.63, 3.8) is 0 Å². The maximum absolute atomic E-state index is 12.6. The highest BCUT2D eigenvalue weighted by molar-refractivity contribution is 14.0.